The van der Waals surface area contributed by atoms with Crippen molar-refractivity contribution in [2.24, 2.45) is 0 Å². The third-order valence-corrected chi connectivity index (χ3v) is 3.84. The molecule has 0 saturated carbocycles. The van der Waals surface area contributed by atoms with Gasteiger partial charge in [-0.15, -0.1) is 0 Å². The van der Waals surface area contributed by atoms with Gasteiger partial charge in [-0.25, -0.2) is 0 Å². The second kappa shape index (κ2) is 9.86. The van der Waals surface area contributed by atoms with Gasteiger partial charge in [0.25, 0.3) is 0 Å². The van der Waals surface area contributed by atoms with Crippen LogP contribution in [0.1, 0.15) is 5.69 Å². The van der Waals surface area contributed by atoms with E-state index in [4.69, 9.17) is 4.74 Å². The van der Waals surface area contributed by atoms with Crippen LogP contribution in [0.2, 0.25) is 0 Å². The monoisotopic (exact) mass is 379 g/mol. The van der Waals surface area contributed by atoms with Gasteiger partial charge in [-0.2, -0.15) is 5.10 Å². The summed E-state index contributed by atoms with van der Waals surface area (Å²) in [4.78, 5) is 28.2. The van der Waals surface area contributed by atoms with Crippen molar-refractivity contribution in [1.29, 1.82) is 0 Å². The molecular weight excluding hydrogens is 358 g/mol. The molecule has 144 valence electrons. The zero-order chi connectivity index (χ0) is 19.6. The van der Waals surface area contributed by atoms with Crippen LogP contribution in [0.3, 0.4) is 0 Å². The molecule has 8 nitrogen and oxygen atoms in total. The van der Waals surface area contributed by atoms with Crippen LogP contribution in [0.4, 0.5) is 5.69 Å². The number of hydrogen-bond donors (Lipinski definition) is 2. The highest BCUT2D eigenvalue weighted by Crippen LogP contribution is 2.17. The molecule has 0 aliphatic carbocycles. The van der Waals surface area contributed by atoms with E-state index in [1.54, 1.807) is 41.3 Å². The molecule has 0 radical (unpaired) electrons. The Morgan fingerprint density at radius 1 is 1.04 bits per heavy atom. The lowest BCUT2D eigenvalue weighted by molar-refractivity contribution is -0.136. The first kappa shape index (κ1) is 19.1. The maximum Gasteiger partial charge on any atom is 0.313 e. The molecule has 8 heteroatoms. The van der Waals surface area contributed by atoms with Crippen LogP contribution >= 0.6 is 0 Å². The molecule has 2 amide bonds. The molecule has 1 aromatic carbocycles. The first-order valence-corrected chi connectivity index (χ1v) is 8.90. The van der Waals surface area contributed by atoms with Gasteiger partial charge in [-0.3, -0.25) is 19.3 Å². The zero-order valence-corrected chi connectivity index (χ0v) is 15.2. The van der Waals surface area contributed by atoms with Crippen LogP contribution in [-0.4, -0.2) is 39.7 Å². The molecule has 0 saturated heterocycles. The Kier molecular flexibility index (Phi) is 6.73. The minimum atomic E-state index is -0.727. The first-order chi connectivity index (χ1) is 13.7. The molecule has 3 aromatic rings. The van der Waals surface area contributed by atoms with Crippen molar-refractivity contribution in [1.82, 2.24) is 20.1 Å². The van der Waals surface area contributed by atoms with Crippen molar-refractivity contribution in [2.75, 3.05) is 18.5 Å². The van der Waals surface area contributed by atoms with E-state index in [2.05, 4.69) is 20.7 Å². The minimum absolute atomic E-state index is 0.333. The summed E-state index contributed by atoms with van der Waals surface area (Å²) >= 11 is 0. The summed E-state index contributed by atoms with van der Waals surface area (Å²) in [5.74, 6) is -0.823. The van der Waals surface area contributed by atoms with E-state index in [-0.39, 0.29) is 0 Å². The number of nitrogens with zero attached hydrogens (tertiary/aromatic N) is 3. The highest BCUT2D eigenvalue weighted by Gasteiger charge is 2.13. The third kappa shape index (κ3) is 5.94. The van der Waals surface area contributed by atoms with Crippen LogP contribution in [0, 0.1) is 0 Å². The average molecular weight is 379 g/mol. The van der Waals surface area contributed by atoms with Crippen molar-refractivity contribution in [2.45, 2.75) is 13.0 Å². The van der Waals surface area contributed by atoms with Crippen molar-refractivity contribution in [3.8, 4) is 5.75 Å². The number of amides is 2. The van der Waals surface area contributed by atoms with Crippen molar-refractivity contribution < 1.29 is 14.3 Å². The minimum Gasteiger partial charge on any atom is -0.492 e. The van der Waals surface area contributed by atoms with E-state index in [1.165, 1.54) is 0 Å². The molecule has 0 unspecified atom stereocenters. The summed E-state index contributed by atoms with van der Waals surface area (Å²) in [6.45, 7) is 1.38. The van der Waals surface area contributed by atoms with E-state index < -0.39 is 11.8 Å². The van der Waals surface area contributed by atoms with Crippen LogP contribution < -0.4 is 15.4 Å². The molecule has 3 rings (SSSR count). The van der Waals surface area contributed by atoms with Crippen molar-refractivity contribution >= 4 is 17.5 Å². The molecule has 2 N–H and O–H groups in total. The van der Waals surface area contributed by atoms with E-state index in [9.17, 15) is 9.59 Å². The highest BCUT2D eigenvalue weighted by atomic mass is 16.5. The number of rotatable bonds is 8. The number of nitrogens with one attached hydrogen (secondary N) is 2. The van der Waals surface area contributed by atoms with Crippen LogP contribution in [0.15, 0.2) is 67.1 Å². The van der Waals surface area contributed by atoms with Gasteiger partial charge in [0.05, 0.1) is 6.54 Å². The van der Waals surface area contributed by atoms with Gasteiger partial charge in [0.15, 0.2) is 0 Å². The molecule has 0 aliphatic heterocycles. The number of carbonyl (C=O) groups is 2. The van der Waals surface area contributed by atoms with Gasteiger partial charge in [0, 0.05) is 49.0 Å². The number of pyridine rings is 1. The maximum absolute atomic E-state index is 12.0. The molecule has 0 bridgehead atoms. The van der Waals surface area contributed by atoms with Crippen LogP contribution in [0.25, 0.3) is 0 Å². The molecule has 28 heavy (non-hydrogen) atoms. The van der Waals surface area contributed by atoms with Gasteiger partial charge in [0.1, 0.15) is 12.4 Å². The maximum atomic E-state index is 12.0. The fourth-order valence-corrected chi connectivity index (χ4v) is 2.47. The summed E-state index contributed by atoms with van der Waals surface area (Å²) in [6, 6.07) is 14.3. The molecule has 2 aromatic heterocycles. The number of carbonyl (C=O) groups excluding carboxylic acids is 2. The molecule has 0 spiro atoms. The average Bonchev–Trinajstić information content (AvgIpc) is 3.22. The first-order valence-electron chi connectivity index (χ1n) is 8.90. The van der Waals surface area contributed by atoms with Crippen molar-refractivity contribution in [3.63, 3.8) is 0 Å². The Balaban J connectivity index is 1.43. The van der Waals surface area contributed by atoms with Crippen molar-refractivity contribution in [3.05, 3.63) is 72.8 Å². The van der Waals surface area contributed by atoms with Gasteiger partial charge >= 0.3 is 11.8 Å². The number of benzene rings is 1. The van der Waals surface area contributed by atoms with E-state index in [0.29, 0.717) is 37.6 Å². The number of hydrogen-bond acceptors (Lipinski definition) is 5. The molecule has 0 atom stereocenters. The van der Waals surface area contributed by atoms with Crippen LogP contribution in [0.5, 0.6) is 5.75 Å². The summed E-state index contributed by atoms with van der Waals surface area (Å²) in [6.07, 6.45) is 5.80. The fourth-order valence-electron chi connectivity index (χ4n) is 2.47. The lowest BCUT2D eigenvalue weighted by Crippen LogP contribution is -2.36. The van der Waals surface area contributed by atoms with Gasteiger partial charge in [0.2, 0.25) is 0 Å². The zero-order valence-electron chi connectivity index (χ0n) is 15.2. The van der Waals surface area contributed by atoms with Crippen LogP contribution in [-0.2, 0) is 22.6 Å². The summed E-state index contributed by atoms with van der Waals surface area (Å²) in [7, 11) is 0. The third-order valence-electron chi connectivity index (χ3n) is 3.84. The summed E-state index contributed by atoms with van der Waals surface area (Å²) in [5.41, 5.74) is 1.34. The summed E-state index contributed by atoms with van der Waals surface area (Å²) in [5, 5.41) is 9.25. The quantitative estimate of drug-likeness (QED) is 0.580. The molecular formula is C20H21N5O3. The largest absolute Gasteiger partial charge is 0.492 e. The predicted octanol–water partition coefficient (Wildman–Crippen LogP) is 1.65. The second-order valence-electron chi connectivity index (χ2n) is 5.93. The smallest absolute Gasteiger partial charge is 0.313 e. The van der Waals surface area contributed by atoms with Gasteiger partial charge in [-0.05, 0) is 30.3 Å². The Morgan fingerprint density at radius 2 is 1.96 bits per heavy atom. The van der Waals surface area contributed by atoms with E-state index >= 15 is 0 Å². The highest BCUT2D eigenvalue weighted by molar-refractivity contribution is 6.39. The predicted molar refractivity (Wildman–Crippen MR) is 104 cm³/mol. The number of ether oxygens (including phenoxy) is 1. The Bertz CT molecular complexity index is 897. The Morgan fingerprint density at radius 3 is 2.75 bits per heavy atom. The van der Waals surface area contributed by atoms with Gasteiger partial charge in [-0.1, -0.05) is 12.1 Å². The van der Waals surface area contributed by atoms with E-state index in [0.717, 1.165) is 5.69 Å². The fraction of sp³-hybridized carbons (Fsp3) is 0.200. The van der Waals surface area contributed by atoms with Gasteiger partial charge < -0.3 is 15.4 Å². The number of anilines is 1. The normalized spacial score (nSPS) is 10.3. The molecule has 2 heterocycles. The Hall–Kier alpha value is -3.68. The summed E-state index contributed by atoms with van der Waals surface area (Å²) < 4.78 is 7.42. The topological polar surface area (TPSA) is 98.1 Å². The number of aromatic nitrogens is 3. The SMILES string of the molecule is O=C(NCCc1ccccn1)C(=O)Nc1cccc(OCCn2cccn2)c1. The molecule has 0 aliphatic rings. The lowest BCUT2D eigenvalue weighted by atomic mass is 10.2. The second-order valence-corrected chi connectivity index (χ2v) is 5.93. The van der Waals surface area contributed by atoms with E-state index in [1.807, 2.05) is 30.5 Å². The standard InChI is InChI=1S/C20H21N5O3/c26-19(22-11-8-16-5-1-2-9-21-16)20(27)24-17-6-3-7-18(15-17)28-14-13-25-12-4-10-23-25/h1-7,9-10,12,15H,8,11,13-14H2,(H,22,26)(H,24,27). The lowest BCUT2D eigenvalue weighted by Gasteiger charge is -2.09. The molecule has 0 fully saturated rings. The Labute approximate surface area is 162 Å².